The van der Waals surface area contributed by atoms with E-state index in [4.69, 9.17) is 15.2 Å². The average molecular weight is 426 g/mol. The van der Waals surface area contributed by atoms with Gasteiger partial charge in [-0.05, 0) is 86.9 Å². The zero-order valence-corrected chi connectivity index (χ0v) is 19.1. The van der Waals surface area contributed by atoms with Crippen molar-refractivity contribution in [1.82, 2.24) is 0 Å². The van der Waals surface area contributed by atoms with Crippen molar-refractivity contribution in [3.8, 4) is 11.5 Å². The second-order valence-corrected chi connectivity index (χ2v) is 10.4. The van der Waals surface area contributed by atoms with Crippen molar-refractivity contribution in [2.45, 2.75) is 81.3 Å². The van der Waals surface area contributed by atoms with Crippen molar-refractivity contribution in [1.29, 1.82) is 0 Å². The van der Waals surface area contributed by atoms with Gasteiger partial charge in [0.15, 0.2) is 0 Å². The lowest BCUT2D eigenvalue weighted by atomic mass is 9.78. The molecule has 0 bridgehead atoms. The van der Waals surface area contributed by atoms with E-state index < -0.39 is 0 Å². The Balaban J connectivity index is 1.31. The van der Waals surface area contributed by atoms with Crippen molar-refractivity contribution in [3.05, 3.63) is 59.7 Å². The minimum absolute atomic E-state index is 0.00000696. The van der Waals surface area contributed by atoms with Gasteiger partial charge in [-0.25, -0.2) is 0 Å². The van der Waals surface area contributed by atoms with Gasteiger partial charge in [0.1, 0.15) is 17.6 Å². The van der Waals surface area contributed by atoms with E-state index in [1.807, 2.05) is 11.8 Å². The monoisotopic (exact) mass is 425 g/mol. The summed E-state index contributed by atoms with van der Waals surface area (Å²) in [6.07, 6.45) is 11.2. The second-order valence-electron chi connectivity index (χ2n) is 9.09. The van der Waals surface area contributed by atoms with Gasteiger partial charge in [-0.3, -0.25) is 0 Å². The van der Waals surface area contributed by atoms with Crippen molar-refractivity contribution >= 4 is 11.8 Å². The number of benzene rings is 2. The minimum Gasteiger partial charge on any atom is -0.490 e. The molecule has 2 aromatic carbocycles. The van der Waals surface area contributed by atoms with Gasteiger partial charge in [0.2, 0.25) is 0 Å². The van der Waals surface area contributed by atoms with Crippen molar-refractivity contribution < 1.29 is 9.47 Å². The Morgan fingerprint density at radius 3 is 2.63 bits per heavy atom. The van der Waals surface area contributed by atoms with Gasteiger partial charge in [-0.15, -0.1) is 0 Å². The van der Waals surface area contributed by atoms with Crippen molar-refractivity contribution in [2.24, 2.45) is 5.73 Å². The molecule has 4 heteroatoms. The summed E-state index contributed by atoms with van der Waals surface area (Å²) < 4.78 is 12.6. The van der Waals surface area contributed by atoms with Crippen LogP contribution in [0.5, 0.6) is 11.5 Å². The molecule has 0 spiro atoms. The summed E-state index contributed by atoms with van der Waals surface area (Å²) in [5, 5.41) is 0.693. The molecule has 1 aliphatic carbocycles. The lowest BCUT2D eigenvalue weighted by Crippen LogP contribution is -2.45. The first-order valence-electron chi connectivity index (χ1n) is 11.4. The summed E-state index contributed by atoms with van der Waals surface area (Å²) in [5.41, 5.74) is 9.20. The normalized spacial score (nSPS) is 27.0. The summed E-state index contributed by atoms with van der Waals surface area (Å²) in [4.78, 5) is 0. The van der Waals surface area contributed by atoms with E-state index in [1.54, 1.807) is 0 Å². The van der Waals surface area contributed by atoms with Gasteiger partial charge in [0, 0.05) is 10.8 Å². The number of aryl methyl sites for hydroxylation is 1. The molecule has 0 radical (unpaired) electrons. The summed E-state index contributed by atoms with van der Waals surface area (Å²) >= 11 is 1.93. The number of fused-ring (bicyclic) bond motifs is 1. The molecule has 1 heterocycles. The summed E-state index contributed by atoms with van der Waals surface area (Å²) in [5.74, 6) is 1.97. The van der Waals surface area contributed by atoms with E-state index in [1.165, 1.54) is 17.5 Å². The Bertz CT molecular complexity index is 817. The van der Waals surface area contributed by atoms with E-state index in [2.05, 4.69) is 61.7 Å². The smallest absolute Gasteiger partial charge is 0.124 e. The largest absolute Gasteiger partial charge is 0.490 e. The molecule has 2 atom stereocenters. The third kappa shape index (κ3) is 5.33. The van der Waals surface area contributed by atoms with Crippen LogP contribution in [0.4, 0.5) is 0 Å². The Morgan fingerprint density at radius 1 is 1.13 bits per heavy atom. The maximum Gasteiger partial charge on any atom is 0.124 e. The summed E-state index contributed by atoms with van der Waals surface area (Å²) in [6, 6.07) is 16.8. The number of hydrogen-bond donors (Lipinski definition) is 1. The van der Waals surface area contributed by atoms with Crippen LogP contribution in [-0.2, 0) is 6.42 Å². The molecule has 0 amide bonds. The standard InChI is InChI=1S/C26H35NO2S/c1-19(30-2)12-15-26(27)16-13-22(14-17-26)28-23-9-11-25-21(18-23)8-10-24(29-25)20-6-4-3-5-7-20/h3-7,9,11,18-19,22,24H,8,10,12-17,27H2,1-2H3. The van der Waals surface area contributed by atoms with Gasteiger partial charge in [0.25, 0.3) is 0 Å². The van der Waals surface area contributed by atoms with Gasteiger partial charge in [-0.1, -0.05) is 37.3 Å². The first-order chi connectivity index (χ1) is 14.5. The van der Waals surface area contributed by atoms with Crippen LogP contribution in [-0.4, -0.2) is 23.1 Å². The van der Waals surface area contributed by atoms with Crippen LogP contribution in [0.1, 0.15) is 69.1 Å². The lowest BCUT2D eigenvalue weighted by Gasteiger charge is -2.38. The Kier molecular flexibility index (Phi) is 6.94. The van der Waals surface area contributed by atoms with Gasteiger partial charge in [-0.2, -0.15) is 11.8 Å². The van der Waals surface area contributed by atoms with Crippen LogP contribution in [0, 0.1) is 0 Å². The third-order valence-corrected chi connectivity index (χ3v) is 7.87. The summed E-state index contributed by atoms with van der Waals surface area (Å²) in [7, 11) is 0. The van der Waals surface area contributed by atoms with E-state index in [0.29, 0.717) is 5.25 Å². The molecule has 1 aliphatic heterocycles. The predicted octanol–water partition coefficient (Wildman–Crippen LogP) is 6.30. The maximum absolute atomic E-state index is 6.69. The Morgan fingerprint density at radius 2 is 1.90 bits per heavy atom. The molecule has 2 aliphatic rings. The topological polar surface area (TPSA) is 44.5 Å². The van der Waals surface area contributed by atoms with Gasteiger partial charge in [0.05, 0.1) is 6.10 Å². The molecule has 162 valence electrons. The fraction of sp³-hybridized carbons (Fsp3) is 0.538. The molecule has 4 rings (SSSR count). The highest BCUT2D eigenvalue weighted by molar-refractivity contribution is 7.99. The Hall–Kier alpha value is -1.65. The zero-order chi connectivity index (χ0) is 21.0. The molecule has 0 aromatic heterocycles. The molecule has 2 N–H and O–H groups in total. The van der Waals surface area contributed by atoms with E-state index in [0.717, 1.165) is 56.4 Å². The van der Waals surface area contributed by atoms with Gasteiger partial charge < -0.3 is 15.2 Å². The number of thioether (sulfide) groups is 1. The van der Waals surface area contributed by atoms with E-state index >= 15 is 0 Å². The molecule has 1 saturated carbocycles. The number of nitrogens with two attached hydrogens (primary N) is 1. The molecule has 2 aromatic rings. The number of rotatable bonds is 7. The summed E-state index contributed by atoms with van der Waals surface area (Å²) in [6.45, 7) is 2.30. The number of hydrogen-bond acceptors (Lipinski definition) is 4. The molecular weight excluding hydrogens is 390 g/mol. The fourth-order valence-corrected chi connectivity index (χ4v) is 5.03. The number of ether oxygens (including phenoxy) is 2. The van der Waals surface area contributed by atoms with Crippen LogP contribution >= 0.6 is 11.8 Å². The van der Waals surface area contributed by atoms with Crippen LogP contribution in [0.15, 0.2) is 48.5 Å². The van der Waals surface area contributed by atoms with Crippen LogP contribution < -0.4 is 15.2 Å². The highest BCUT2D eigenvalue weighted by Gasteiger charge is 2.32. The minimum atomic E-state index is -0.00000696. The lowest BCUT2D eigenvalue weighted by molar-refractivity contribution is 0.113. The predicted molar refractivity (Wildman–Crippen MR) is 127 cm³/mol. The first-order valence-corrected chi connectivity index (χ1v) is 12.7. The fourth-order valence-electron chi connectivity index (χ4n) is 4.68. The van der Waals surface area contributed by atoms with E-state index in [-0.39, 0.29) is 17.7 Å². The first kappa shape index (κ1) is 21.6. The van der Waals surface area contributed by atoms with Gasteiger partial charge >= 0.3 is 0 Å². The van der Waals surface area contributed by atoms with Crippen LogP contribution in [0.2, 0.25) is 0 Å². The zero-order valence-electron chi connectivity index (χ0n) is 18.3. The van der Waals surface area contributed by atoms with E-state index in [9.17, 15) is 0 Å². The third-order valence-electron chi connectivity index (χ3n) is 6.83. The van der Waals surface area contributed by atoms with Crippen molar-refractivity contribution in [3.63, 3.8) is 0 Å². The Labute approximate surface area is 185 Å². The SMILES string of the molecule is CSC(C)CCC1(N)CCC(Oc2ccc3c(c2)CCC(c2ccccc2)O3)CC1. The maximum atomic E-state index is 6.69. The van der Waals surface area contributed by atoms with Crippen LogP contribution in [0.3, 0.4) is 0 Å². The second kappa shape index (κ2) is 9.65. The molecule has 2 unspecified atom stereocenters. The van der Waals surface area contributed by atoms with Crippen LogP contribution in [0.25, 0.3) is 0 Å². The molecule has 0 saturated heterocycles. The average Bonchev–Trinajstić information content (AvgIpc) is 2.79. The molecule has 1 fully saturated rings. The molecular formula is C26H35NO2S. The molecule has 30 heavy (non-hydrogen) atoms. The highest BCUT2D eigenvalue weighted by Crippen LogP contribution is 2.38. The quantitative estimate of drug-likeness (QED) is 0.565. The highest BCUT2D eigenvalue weighted by atomic mass is 32.2. The van der Waals surface area contributed by atoms with Crippen molar-refractivity contribution in [2.75, 3.05) is 6.26 Å². The molecule has 3 nitrogen and oxygen atoms in total.